The first kappa shape index (κ1) is 20.0. The first-order chi connectivity index (χ1) is 14.2. The van der Waals surface area contributed by atoms with Crippen LogP contribution in [0.3, 0.4) is 0 Å². The molecule has 0 N–H and O–H groups in total. The highest BCUT2D eigenvalue weighted by atomic mass is 19.1. The molecule has 2 heterocycles. The number of halogens is 2. The van der Waals surface area contributed by atoms with Crippen molar-refractivity contribution in [2.45, 2.75) is 18.9 Å². The molecule has 0 bridgehead atoms. The lowest BCUT2D eigenvalue weighted by molar-refractivity contribution is 0.0991. The topological polar surface area (TPSA) is 9.72 Å². The number of anilines is 1. The Balaban J connectivity index is 1.25. The number of piperidine rings is 1. The molecule has 0 radical (unpaired) electrons. The van der Waals surface area contributed by atoms with Gasteiger partial charge >= 0.3 is 0 Å². The molecule has 154 valence electrons. The summed E-state index contributed by atoms with van der Waals surface area (Å²) >= 11 is 0. The van der Waals surface area contributed by atoms with Crippen LogP contribution < -0.4 is 4.90 Å². The number of hydrogen-bond donors (Lipinski definition) is 0. The molecule has 29 heavy (non-hydrogen) atoms. The van der Waals surface area contributed by atoms with Crippen LogP contribution in [0, 0.1) is 11.6 Å². The average Bonchev–Trinajstić information content (AvgIpc) is 2.76. The summed E-state index contributed by atoms with van der Waals surface area (Å²) in [6.07, 6.45) is 6.74. The molecule has 2 aliphatic heterocycles. The Bertz CT molecular complexity index is 796. The minimum atomic E-state index is -0.194. The van der Waals surface area contributed by atoms with Crippen LogP contribution in [0.5, 0.6) is 0 Å². The zero-order valence-corrected chi connectivity index (χ0v) is 16.8. The van der Waals surface area contributed by atoms with E-state index in [9.17, 15) is 8.78 Å². The summed E-state index contributed by atoms with van der Waals surface area (Å²) in [5.41, 5.74) is 2.15. The molecule has 5 heteroatoms. The summed E-state index contributed by atoms with van der Waals surface area (Å²) in [4.78, 5) is 7.48. The number of likely N-dealkylation sites (tertiary alicyclic amines) is 1. The first-order valence-electron chi connectivity index (χ1n) is 10.6. The molecule has 2 saturated heterocycles. The summed E-state index contributed by atoms with van der Waals surface area (Å²) in [7, 11) is 0. The molecule has 2 fully saturated rings. The predicted octanol–water partition coefficient (Wildman–Crippen LogP) is 4.26. The van der Waals surface area contributed by atoms with Crippen LogP contribution in [0.25, 0.3) is 6.08 Å². The molecular weight excluding hydrogens is 368 g/mol. The van der Waals surface area contributed by atoms with Crippen molar-refractivity contribution < 1.29 is 8.78 Å². The highest BCUT2D eigenvalue weighted by Crippen LogP contribution is 2.21. The van der Waals surface area contributed by atoms with E-state index in [4.69, 9.17) is 0 Å². The summed E-state index contributed by atoms with van der Waals surface area (Å²) in [6.45, 7) is 7.27. The van der Waals surface area contributed by atoms with Crippen molar-refractivity contribution in [3.63, 3.8) is 0 Å². The maximum atomic E-state index is 13.1. The predicted molar refractivity (Wildman–Crippen MR) is 115 cm³/mol. The molecule has 4 rings (SSSR count). The minimum Gasteiger partial charge on any atom is -0.369 e. The van der Waals surface area contributed by atoms with Gasteiger partial charge in [-0.15, -0.1) is 0 Å². The van der Waals surface area contributed by atoms with E-state index in [1.165, 1.54) is 25.0 Å². The third-order valence-corrected chi connectivity index (χ3v) is 6.05. The third kappa shape index (κ3) is 5.43. The molecule has 3 nitrogen and oxygen atoms in total. The lowest BCUT2D eigenvalue weighted by Crippen LogP contribution is -2.55. The van der Waals surface area contributed by atoms with E-state index in [0.717, 1.165) is 57.1 Å². The van der Waals surface area contributed by atoms with Gasteiger partial charge in [0.1, 0.15) is 11.6 Å². The van der Waals surface area contributed by atoms with Gasteiger partial charge in [-0.1, -0.05) is 24.3 Å². The number of nitrogens with zero attached hydrogens (tertiary/aromatic N) is 3. The lowest BCUT2D eigenvalue weighted by Gasteiger charge is -2.43. The minimum absolute atomic E-state index is 0.178. The van der Waals surface area contributed by atoms with E-state index in [2.05, 4.69) is 26.9 Å². The van der Waals surface area contributed by atoms with Crippen molar-refractivity contribution in [3.05, 3.63) is 71.8 Å². The smallest absolute Gasteiger partial charge is 0.123 e. The zero-order valence-electron chi connectivity index (χ0n) is 16.8. The van der Waals surface area contributed by atoms with E-state index in [-0.39, 0.29) is 11.6 Å². The Kier molecular flexibility index (Phi) is 6.57. The van der Waals surface area contributed by atoms with Crippen molar-refractivity contribution in [2.24, 2.45) is 0 Å². The van der Waals surface area contributed by atoms with Crippen LogP contribution in [0.15, 0.2) is 54.6 Å². The lowest BCUT2D eigenvalue weighted by atomic mass is 10.0. The summed E-state index contributed by atoms with van der Waals surface area (Å²) < 4.78 is 26.1. The molecule has 1 unspecified atom stereocenters. The molecular formula is C24H29F2N3. The summed E-state index contributed by atoms with van der Waals surface area (Å²) in [5, 5.41) is 0. The van der Waals surface area contributed by atoms with Crippen LogP contribution in [0.1, 0.15) is 18.4 Å². The largest absolute Gasteiger partial charge is 0.369 e. The van der Waals surface area contributed by atoms with E-state index in [1.807, 2.05) is 24.3 Å². The van der Waals surface area contributed by atoms with E-state index >= 15 is 0 Å². The fourth-order valence-electron chi connectivity index (χ4n) is 4.40. The second-order valence-electron chi connectivity index (χ2n) is 8.01. The van der Waals surface area contributed by atoms with Gasteiger partial charge in [0.05, 0.1) is 0 Å². The summed E-state index contributed by atoms with van der Waals surface area (Å²) in [6, 6.07) is 14.1. The second-order valence-corrected chi connectivity index (χ2v) is 8.01. The van der Waals surface area contributed by atoms with Crippen molar-refractivity contribution in [1.29, 1.82) is 0 Å². The van der Waals surface area contributed by atoms with Crippen molar-refractivity contribution in [1.82, 2.24) is 9.80 Å². The molecule has 0 aromatic heterocycles. The average molecular weight is 398 g/mol. The fourth-order valence-corrected chi connectivity index (χ4v) is 4.40. The standard InChI is InChI=1S/C24H29F2N3/c25-21-7-5-20(6-8-21)3-1-13-27-14-2-4-24(19-27)29-17-15-28(16-18-29)23-11-9-22(26)10-12-23/h1,3,5-12,24H,2,4,13-19H2. The zero-order chi connectivity index (χ0) is 20.1. The maximum absolute atomic E-state index is 13.1. The monoisotopic (exact) mass is 397 g/mol. The summed E-state index contributed by atoms with van der Waals surface area (Å²) in [5.74, 6) is -0.372. The maximum Gasteiger partial charge on any atom is 0.123 e. The Morgan fingerprint density at radius 1 is 0.828 bits per heavy atom. The van der Waals surface area contributed by atoms with Crippen molar-refractivity contribution >= 4 is 11.8 Å². The molecule has 2 aromatic rings. The van der Waals surface area contributed by atoms with E-state index < -0.39 is 0 Å². The Morgan fingerprint density at radius 2 is 1.48 bits per heavy atom. The Hall–Kier alpha value is -2.24. The number of benzene rings is 2. The molecule has 2 aliphatic rings. The van der Waals surface area contributed by atoms with Gasteiger partial charge in [0.15, 0.2) is 0 Å². The number of rotatable bonds is 5. The van der Waals surface area contributed by atoms with Gasteiger partial charge in [-0.25, -0.2) is 8.78 Å². The Morgan fingerprint density at radius 3 is 2.17 bits per heavy atom. The normalized spacial score (nSPS) is 21.7. The van der Waals surface area contributed by atoms with E-state index in [1.54, 1.807) is 12.1 Å². The molecule has 0 aliphatic carbocycles. The second kappa shape index (κ2) is 9.51. The molecule has 0 saturated carbocycles. The van der Waals surface area contributed by atoms with Gasteiger partial charge in [-0.05, 0) is 61.3 Å². The number of hydrogen-bond acceptors (Lipinski definition) is 3. The Labute approximate surface area is 172 Å². The number of piperazine rings is 1. The van der Waals surface area contributed by atoms with Crippen LogP contribution in [-0.4, -0.2) is 61.7 Å². The molecule has 0 spiro atoms. The van der Waals surface area contributed by atoms with Crippen LogP contribution >= 0.6 is 0 Å². The van der Waals surface area contributed by atoms with Crippen molar-refractivity contribution in [2.75, 3.05) is 50.7 Å². The van der Waals surface area contributed by atoms with Gasteiger partial charge in [0, 0.05) is 51.0 Å². The highest BCUT2D eigenvalue weighted by Gasteiger charge is 2.27. The SMILES string of the molecule is Fc1ccc(C=CCN2CCCC(N3CCN(c4ccc(F)cc4)CC3)C2)cc1. The van der Waals surface area contributed by atoms with Gasteiger partial charge < -0.3 is 4.90 Å². The van der Waals surface area contributed by atoms with Gasteiger partial charge in [0.2, 0.25) is 0 Å². The molecule has 2 aromatic carbocycles. The first-order valence-corrected chi connectivity index (χ1v) is 10.6. The molecule has 1 atom stereocenters. The van der Waals surface area contributed by atoms with Gasteiger partial charge in [-0.3, -0.25) is 9.80 Å². The highest BCUT2D eigenvalue weighted by molar-refractivity contribution is 5.49. The van der Waals surface area contributed by atoms with Crippen LogP contribution in [0.4, 0.5) is 14.5 Å². The van der Waals surface area contributed by atoms with E-state index in [0.29, 0.717) is 6.04 Å². The van der Waals surface area contributed by atoms with Gasteiger partial charge in [-0.2, -0.15) is 0 Å². The third-order valence-electron chi connectivity index (χ3n) is 6.05. The van der Waals surface area contributed by atoms with Gasteiger partial charge in [0.25, 0.3) is 0 Å². The quantitative estimate of drug-likeness (QED) is 0.746. The van der Waals surface area contributed by atoms with Crippen LogP contribution in [0.2, 0.25) is 0 Å². The van der Waals surface area contributed by atoms with Crippen molar-refractivity contribution in [3.8, 4) is 0 Å². The fraction of sp³-hybridized carbons (Fsp3) is 0.417. The van der Waals surface area contributed by atoms with Crippen LogP contribution in [-0.2, 0) is 0 Å². The molecule has 0 amide bonds.